The van der Waals surface area contributed by atoms with Crippen molar-refractivity contribution in [3.05, 3.63) is 71.3 Å². The highest BCUT2D eigenvalue weighted by molar-refractivity contribution is 5.74. The zero-order valence-corrected chi connectivity index (χ0v) is 14.7. The fraction of sp³-hybridized carbons (Fsp3) is 0.381. The molecule has 0 bridgehead atoms. The number of aryl methyl sites for hydroxylation is 1. The van der Waals surface area contributed by atoms with Crippen LogP contribution >= 0.6 is 0 Å². The van der Waals surface area contributed by atoms with Gasteiger partial charge in [0.05, 0.1) is 6.10 Å². The molecule has 4 heteroatoms. The quantitative estimate of drug-likeness (QED) is 0.894. The Hall–Kier alpha value is -2.33. The summed E-state index contributed by atoms with van der Waals surface area (Å²) in [5, 5.41) is 13.5. The highest BCUT2D eigenvalue weighted by Gasteiger charge is 2.28. The molecule has 132 valence electrons. The third-order valence-corrected chi connectivity index (χ3v) is 4.98. The lowest BCUT2D eigenvalue weighted by Gasteiger charge is -2.34. The number of carbonyl (C=O) groups excluding carboxylic acids is 1. The van der Waals surface area contributed by atoms with Crippen LogP contribution in [-0.4, -0.2) is 29.1 Å². The SMILES string of the molecule is Cc1ccc(CNC(=O)N2CCC(C(O)c3ccccc3)CC2)cc1. The van der Waals surface area contributed by atoms with Crippen molar-refractivity contribution in [1.82, 2.24) is 10.2 Å². The van der Waals surface area contributed by atoms with Crippen LogP contribution < -0.4 is 5.32 Å². The Morgan fingerprint density at radius 1 is 1.12 bits per heavy atom. The molecular formula is C21H26N2O2. The summed E-state index contributed by atoms with van der Waals surface area (Å²) in [6, 6.07) is 18.0. The normalized spacial score (nSPS) is 16.5. The third kappa shape index (κ3) is 4.60. The number of benzene rings is 2. The molecule has 2 aromatic rings. The highest BCUT2D eigenvalue weighted by atomic mass is 16.3. The van der Waals surface area contributed by atoms with Crippen LogP contribution in [0.15, 0.2) is 54.6 Å². The van der Waals surface area contributed by atoms with Crippen LogP contribution in [0.1, 0.15) is 35.6 Å². The van der Waals surface area contributed by atoms with Crippen molar-refractivity contribution < 1.29 is 9.90 Å². The van der Waals surface area contributed by atoms with Crippen LogP contribution in [0, 0.1) is 12.8 Å². The number of hydrogen-bond acceptors (Lipinski definition) is 2. The van der Waals surface area contributed by atoms with E-state index in [1.54, 1.807) is 0 Å². The molecule has 2 N–H and O–H groups in total. The number of aliphatic hydroxyl groups is 1. The molecule has 3 rings (SSSR count). The van der Waals surface area contributed by atoms with Gasteiger partial charge >= 0.3 is 6.03 Å². The highest BCUT2D eigenvalue weighted by Crippen LogP contribution is 2.30. The summed E-state index contributed by atoms with van der Waals surface area (Å²) in [6.07, 6.45) is 1.21. The average molecular weight is 338 g/mol. The summed E-state index contributed by atoms with van der Waals surface area (Å²) in [4.78, 5) is 14.2. The first-order valence-electron chi connectivity index (χ1n) is 8.95. The molecule has 2 amide bonds. The van der Waals surface area contributed by atoms with Crippen LogP contribution in [0.4, 0.5) is 4.79 Å². The Bertz CT molecular complexity index is 677. The number of carbonyl (C=O) groups is 1. The van der Waals surface area contributed by atoms with E-state index in [0.29, 0.717) is 19.6 Å². The van der Waals surface area contributed by atoms with Crippen molar-refractivity contribution in [1.29, 1.82) is 0 Å². The van der Waals surface area contributed by atoms with Crippen LogP contribution in [0.5, 0.6) is 0 Å². The predicted octanol–water partition coefficient (Wildman–Crippen LogP) is 3.65. The molecule has 0 aromatic heterocycles. The molecule has 25 heavy (non-hydrogen) atoms. The molecule has 1 fully saturated rings. The van der Waals surface area contributed by atoms with E-state index in [1.807, 2.05) is 47.4 Å². The smallest absolute Gasteiger partial charge is 0.317 e. The van der Waals surface area contributed by atoms with Gasteiger partial charge in [-0.2, -0.15) is 0 Å². The van der Waals surface area contributed by atoms with Crippen molar-refractivity contribution >= 4 is 6.03 Å². The van der Waals surface area contributed by atoms with Crippen LogP contribution in [0.3, 0.4) is 0 Å². The van der Waals surface area contributed by atoms with Crippen molar-refractivity contribution in [2.24, 2.45) is 5.92 Å². The Labute approximate surface area is 149 Å². The Balaban J connectivity index is 1.46. The maximum atomic E-state index is 12.3. The Morgan fingerprint density at radius 3 is 2.40 bits per heavy atom. The molecule has 1 heterocycles. The number of piperidine rings is 1. The number of nitrogens with zero attached hydrogens (tertiary/aromatic N) is 1. The van der Waals surface area contributed by atoms with Crippen LogP contribution in [0.2, 0.25) is 0 Å². The number of aliphatic hydroxyl groups excluding tert-OH is 1. The number of nitrogens with one attached hydrogen (secondary N) is 1. The van der Waals surface area contributed by atoms with E-state index in [2.05, 4.69) is 24.4 Å². The number of rotatable bonds is 4. The van der Waals surface area contributed by atoms with E-state index in [1.165, 1.54) is 5.56 Å². The molecule has 0 radical (unpaired) electrons. The van der Waals surface area contributed by atoms with Gasteiger partial charge in [0.1, 0.15) is 0 Å². The van der Waals surface area contributed by atoms with Crippen molar-refractivity contribution in [3.63, 3.8) is 0 Å². The molecule has 0 saturated carbocycles. The number of likely N-dealkylation sites (tertiary alicyclic amines) is 1. The predicted molar refractivity (Wildman–Crippen MR) is 99.1 cm³/mol. The van der Waals surface area contributed by atoms with Gasteiger partial charge in [-0.3, -0.25) is 0 Å². The Morgan fingerprint density at radius 2 is 1.76 bits per heavy atom. The maximum absolute atomic E-state index is 12.3. The number of amides is 2. The second kappa shape index (κ2) is 8.17. The summed E-state index contributed by atoms with van der Waals surface area (Å²) in [5.74, 6) is 0.212. The minimum absolute atomic E-state index is 0.0202. The molecular weight excluding hydrogens is 312 g/mol. The van der Waals surface area contributed by atoms with E-state index >= 15 is 0 Å². The Kier molecular flexibility index (Phi) is 5.71. The van der Waals surface area contributed by atoms with Crippen molar-refractivity contribution in [3.8, 4) is 0 Å². The topological polar surface area (TPSA) is 52.6 Å². The maximum Gasteiger partial charge on any atom is 0.317 e. The minimum atomic E-state index is -0.445. The fourth-order valence-corrected chi connectivity index (χ4v) is 3.34. The van der Waals surface area contributed by atoms with E-state index in [4.69, 9.17) is 0 Å². The van der Waals surface area contributed by atoms with Gasteiger partial charge in [0.2, 0.25) is 0 Å². The van der Waals surface area contributed by atoms with E-state index < -0.39 is 6.10 Å². The third-order valence-electron chi connectivity index (χ3n) is 4.98. The molecule has 1 aliphatic rings. The summed E-state index contributed by atoms with van der Waals surface area (Å²) in [6.45, 7) is 3.98. The average Bonchev–Trinajstić information content (AvgIpc) is 2.67. The van der Waals surface area contributed by atoms with Gasteiger partial charge in [-0.05, 0) is 36.8 Å². The van der Waals surface area contributed by atoms with E-state index in [0.717, 1.165) is 24.0 Å². The molecule has 0 aliphatic carbocycles. The largest absolute Gasteiger partial charge is 0.388 e. The zero-order chi connectivity index (χ0) is 17.6. The molecule has 2 aromatic carbocycles. The summed E-state index contributed by atoms with van der Waals surface area (Å²) in [7, 11) is 0. The standard InChI is InChI=1S/C21H26N2O2/c1-16-7-9-17(10-8-16)15-22-21(25)23-13-11-19(12-14-23)20(24)18-5-3-2-4-6-18/h2-10,19-20,24H,11-15H2,1H3,(H,22,25). The van der Waals surface area contributed by atoms with Gasteiger partial charge in [-0.15, -0.1) is 0 Å². The lowest BCUT2D eigenvalue weighted by molar-refractivity contribution is 0.0665. The number of urea groups is 1. The van der Waals surface area contributed by atoms with Gasteiger partial charge in [0, 0.05) is 19.6 Å². The van der Waals surface area contributed by atoms with Gasteiger partial charge in [0.25, 0.3) is 0 Å². The van der Waals surface area contributed by atoms with Crippen molar-refractivity contribution in [2.45, 2.75) is 32.4 Å². The molecule has 0 spiro atoms. The molecule has 1 atom stereocenters. The summed E-state index contributed by atoms with van der Waals surface area (Å²) >= 11 is 0. The molecule has 1 aliphatic heterocycles. The first kappa shape index (κ1) is 17.5. The lowest BCUT2D eigenvalue weighted by Crippen LogP contribution is -2.44. The van der Waals surface area contributed by atoms with Crippen molar-refractivity contribution in [2.75, 3.05) is 13.1 Å². The van der Waals surface area contributed by atoms with Crippen LogP contribution in [-0.2, 0) is 6.54 Å². The van der Waals surface area contributed by atoms with E-state index in [-0.39, 0.29) is 11.9 Å². The monoisotopic (exact) mass is 338 g/mol. The molecule has 4 nitrogen and oxygen atoms in total. The minimum Gasteiger partial charge on any atom is -0.388 e. The van der Waals surface area contributed by atoms with Crippen LogP contribution in [0.25, 0.3) is 0 Å². The molecule has 1 unspecified atom stereocenters. The zero-order valence-electron chi connectivity index (χ0n) is 14.7. The van der Waals surface area contributed by atoms with Gasteiger partial charge in [-0.25, -0.2) is 4.79 Å². The summed E-state index contributed by atoms with van der Waals surface area (Å²) < 4.78 is 0. The molecule has 1 saturated heterocycles. The summed E-state index contributed by atoms with van der Waals surface area (Å²) in [5.41, 5.74) is 3.28. The fourth-order valence-electron chi connectivity index (χ4n) is 3.34. The second-order valence-electron chi connectivity index (χ2n) is 6.82. The second-order valence-corrected chi connectivity index (χ2v) is 6.82. The van der Waals surface area contributed by atoms with E-state index in [9.17, 15) is 9.90 Å². The number of hydrogen-bond donors (Lipinski definition) is 2. The van der Waals surface area contributed by atoms with Gasteiger partial charge in [0.15, 0.2) is 0 Å². The first-order chi connectivity index (χ1) is 12.1. The van der Waals surface area contributed by atoms with Gasteiger partial charge < -0.3 is 15.3 Å². The lowest BCUT2D eigenvalue weighted by atomic mass is 9.87. The van der Waals surface area contributed by atoms with Gasteiger partial charge in [-0.1, -0.05) is 60.2 Å². The first-order valence-corrected chi connectivity index (χ1v) is 8.95.